The standard InChI is InChI=1S/C32H40N4O4S/c1-34(31(38)29-11-12-30(41-29)36-19-13-24(23-37)14-20-36)21-22-35-17-15-26(16-18-35)40-32(39)33-28-10-6-5-9-27(28)25-7-3-2-4-8-25/h2-12,24,26,37H,13-23H2,1H3,(H,33,39). The smallest absolute Gasteiger partial charge is 0.411 e. The summed E-state index contributed by atoms with van der Waals surface area (Å²) < 4.78 is 5.76. The summed E-state index contributed by atoms with van der Waals surface area (Å²) in [6.45, 7) is 5.21. The summed E-state index contributed by atoms with van der Waals surface area (Å²) in [5, 5.41) is 13.4. The summed E-state index contributed by atoms with van der Waals surface area (Å²) >= 11 is 1.56. The number of nitrogens with zero attached hydrogens (tertiary/aromatic N) is 3. The van der Waals surface area contributed by atoms with Crippen molar-refractivity contribution in [2.45, 2.75) is 31.8 Å². The number of aliphatic hydroxyl groups is 1. The van der Waals surface area contributed by atoms with Gasteiger partial charge in [-0.2, -0.15) is 0 Å². The Morgan fingerprint density at radius 1 is 0.951 bits per heavy atom. The van der Waals surface area contributed by atoms with Gasteiger partial charge >= 0.3 is 6.09 Å². The Balaban J connectivity index is 1.03. The van der Waals surface area contributed by atoms with Gasteiger partial charge in [-0.3, -0.25) is 10.1 Å². The number of likely N-dealkylation sites (tertiary alicyclic amines) is 1. The lowest BCUT2D eigenvalue weighted by Crippen LogP contribution is -2.42. The second kappa shape index (κ2) is 14.0. The lowest BCUT2D eigenvalue weighted by molar-refractivity contribution is 0.0541. The van der Waals surface area contributed by atoms with E-state index in [1.807, 2.05) is 73.8 Å². The number of amides is 2. The minimum Gasteiger partial charge on any atom is -0.446 e. The van der Waals surface area contributed by atoms with E-state index in [-0.39, 0.29) is 18.6 Å². The lowest BCUT2D eigenvalue weighted by Gasteiger charge is -2.32. The molecule has 0 saturated carbocycles. The van der Waals surface area contributed by atoms with Crippen LogP contribution in [-0.4, -0.2) is 85.9 Å². The van der Waals surface area contributed by atoms with E-state index in [1.165, 1.54) is 0 Å². The maximum atomic E-state index is 13.1. The van der Waals surface area contributed by atoms with E-state index < -0.39 is 6.09 Å². The van der Waals surface area contributed by atoms with Crippen molar-refractivity contribution < 1.29 is 19.4 Å². The Labute approximate surface area is 246 Å². The summed E-state index contributed by atoms with van der Waals surface area (Å²) in [4.78, 5) is 33.0. The molecule has 218 valence electrons. The van der Waals surface area contributed by atoms with Crippen LogP contribution in [0.1, 0.15) is 35.4 Å². The van der Waals surface area contributed by atoms with Crippen molar-refractivity contribution in [1.29, 1.82) is 0 Å². The largest absolute Gasteiger partial charge is 0.446 e. The molecule has 0 spiro atoms. The number of hydrogen-bond donors (Lipinski definition) is 2. The Kier molecular flexibility index (Phi) is 9.92. The summed E-state index contributed by atoms with van der Waals surface area (Å²) in [5.74, 6) is 0.451. The molecule has 0 bridgehead atoms. The molecule has 9 heteroatoms. The number of carbonyl (C=O) groups excluding carboxylic acids is 2. The van der Waals surface area contributed by atoms with E-state index in [0.29, 0.717) is 12.5 Å². The minimum absolute atomic E-state index is 0.0529. The fraction of sp³-hybridized carbons (Fsp3) is 0.438. The molecule has 0 radical (unpaired) electrons. The molecule has 2 aliphatic heterocycles. The highest BCUT2D eigenvalue weighted by Crippen LogP contribution is 2.31. The van der Waals surface area contributed by atoms with Crippen LogP contribution in [0.5, 0.6) is 0 Å². The van der Waals surface area contributed by atoms with Crippen molar-refractivity contribution in [1.82, 2.24) is 9.80 Å². The Bertz CT molecular complexity index is 1280. The van der Waals surface area contributed by atoms with Gasteiger partial charge in [0.15, 0.2) is 0 Å². The molecule has 3 aromatic rings. The first-order valence-electron chi connectivity index (χ1n) is 14.6. The van der Waals surface area contributed by atoms with Crippen LogP contribution < -0.4 is 10.2 Å². The number of carbonyl (C=O) groups is 2. The number of likely N-dealkylation sites (N-methyl/N-ethyl adjacent to an activating group) is 1. The van der Waals surface area contributed by atoms with Crippen molar-refractivity contribution in [2.75, 3.05) is 63.1 Å². The van der Waals surface area contributed by atoms with Crippen LogP contribution in [0.2, 0.25) is 0 Å². The van der Waals surface area contributed by atoms with Crippen LogP contribution in [0.4, 0.5) is 15.5 Å². The fourth-order valence-electron chi connectivity index (χ4n) is 5.53. The summed E-state index contributed by atoms with van der Waals surface area (Å²) in [5.41, 5.74) is 2.73. The number of rotatable bonds is 9. The molecule has 2 aliphatic rings. The monoisotopic (exact) mass is 576 g/mol. The summed E-state index contributed by atoms with van der Waals surface area (Å²) in [6.07, 6.45) is 2.98. The molecule has 2 saturated heterocycles. The number of benzene rings is 2. The van der Waals surface area contributed by atoms with E-state index >= 15 is 0 Å². The van der Waals surface area contributed by atoms with Gasteiger partial charge in [-0.1, -0.05) is 48.5 Å². The average Bonchev–Trinajstić information content (AvgIpc) is 3.51. The fourth-order valence-corrected chi connectivity index (χ4v) is 6.58. The molecule has 5 rings (SSSR count). The van der Waals surface area contributed by atoms with E-state index in [9.17, 15) is 14.7 Å². The van der Waals surface area contributed by atoms with Gasteiger partial charge in [-0.25, -0.2) is 4.79 Å². The third-order valence-corrected chi connectivity index (χ3v) is 9.28. The van der Waals surface area contributed by atoms with Crippen molar-refractivity contribution in [3.63, 3.8) is 0 Å². The molecule has 0 aliphatic carbocycles. The molecule has 2 fully saturated rings. The molecular formula is C32H40N4O4S. The van der Waals surface area contributed by atoms with Gasteiger partial charge in [-0.05, 0) is 55.4 Å². The molecular weight excluding hydrogens is 536 g/mol. The van der Waals surface area contributed by atoms with Crippen molar-refractivity contribution >= 4 is 34.0 Å². The zero-order valence-corrected chi connectivity index (χ0v) is 24.5. The maximum Gasteiger partial charge on any atom is 0.411 e. The maximum absolute atomic E-state index is 13.1. The predicted molar refractivity (Wildman–Crippen MR) is 165 cm³/mol. The average molecular weight is 577 g/mol. The Morgan fingerprint density at radius 3 is 2.39 bits per heavy atom. The van der Waals surface area contributed by atoms with Crippen LogP contribution in [0.3, 0.4) is 0 Å². The number of piperidine rings is 2. The molecule has 1 aromatic heterocycles. The number of para-hydroxylation sites is 1. The van der Waals surface area contributed by atoms with E-state index in [1.54, 1.807) is 16.2 Å². The first-order valence-corrected chi connectivity index (χ1v) is 15.4. The highest BCUT2D eigenvalue weighted by atomic mass is 32.1. The quantitative estimate of drug-likeness (QED) is 0.355. The minimum atomic E-state index is -0.426. The Morgan fingerprint density at radius 2 is 1.66 bits per heavy atom. The summed E-state index contributed by atoms with van der Waals surface area (Å²) in [6, 6.07) is 21.7. The third-order valence-electron chi connectivity index (χ3n) is 8.14. The van der Waals surface area contributed by atoms with Gasteiger partial charge < -0.3 is 24.5 Å². The molecule has 8 nitrogen and oxygen atoms in total. The predicted octanol–water partition coefficient (Wildman–Crippen LogP) is 5.41. The van der Waals surface area contributed by atoms with Crippen LogP contribution in [0, 0.1) is 5.92 Å². The molecule has 2 amide bonds. The second-order valence-electron chi connectivity index (χ2n) is 11.0. The topological polar surface area (TPSA) is 85.4 Å². The van der Waals surface area contributed by atoms with Crippen LogP contribution in [0.25, 0.3) is 11.1 Å². The van der Waals surface area contributed by atoms with Gasteiger partial charge in [0.05, 0.1) is 15.6 Å². The highest BCUT2D eigenvalue weighted by molar-refractivity contribution is 7.18. The highest BCUT2D eigenvalue weighted by Gasteiger charge is 2.25. The number of aliphatic hydroxyl groups excluding tert-OH is 1. The molecule has 2 N–H and O–H groups in total. The first-order chi connectivity index (χ1) is 20.0. The van der Waals surface area contributed by atoms with Crippen LogP contribution in [0.15, 0.2) is 66.7 Å². The third kappa shape index (κ3) is 7.67. The lowest BCUT2D eigenvalue weighted by atomic mass is 9.98. The zero-order valence-electron chi connectivity index (χ0n) is 23.7. The number of nitrogens with one attached hydrogen (secondary N) is 1. The van der Waals surface area contributed by atoms with Crippen LogP contribution in [-0.2, 0) is 4.74 Å². The van der Waals surface area contributed by atoms with Gasteiger partial charge in [0.25, 0.3) is 5.91 Å². The van der Waals surface area contributed by atoms with Crippen LogP contribution >= 0.6 is 11.3 Å². The zero-order chi connectivity index (χ0) is 28.6. The molecule has 0 atom stereocenters. The molecule has 2 aromatic carbocycles. The van der Waals surface area contributed by atoms with Gasteiger partial charge in [0.1, 0.15) is 6.10 Å². The van der Waals surface area contributed by atoms with Gasteiger partial charge in [0.2, 0.25) is 0 Å². The normalized spacial score (nSPS) is 16.9. The second-order valence-corrected chi connectivity index (χ2v) is 12.0. The van der Waals surface area contributed by atoms with E-state index in [2.05, 4.69) is 15.1 Å². The van der Waals surface area contributed by atoms with Gasteiger partial charge in [0, 0.05) is 58.5 Å². The Hall–Kier alpha value is -3.40. The number of anilines is 2. The molecule has 3 heterocycles. The van der Waals surface area contributed by atoms with E-state index in [4.69, 9.17) is 4.74 Å². The van der Waals surface area contributed by atoms with Crippen molar-refractivity contribution in [2.24, 2.45) is 5.92 Å². The van der Waals surface area contributed by atoms with Crippen molar-refractivity contribution in [3.8, 4) is 11.1 Å². The first kappa shape index (κ1) is 29.1. The SMILES string of the molecule is CN(CCN1CCC(OC(=O)Nc2ccccc2-c2ccccc2)CC1)C(=O)c1ccc(N2CCC(CO)CC2)s1. The van der Waals surface area contributed by atoms with E-state index in [0.717, 1.165) is 85.1 Å². The number of hydrogen-bond acceptors (Lipinski definition) is 7. The molecule has 0 unspecified atom stereocenters. The van der Waals surface area contributed by atoms with Gasteiger partial charge in [-0.15, -0.1) is 11.3 Å². The van der Waals surface area contributed by atoms with Crippen molar-refractivity contribution in [3.05, 3.63) is 71.6 Å². The summed E-state index contributed by atoms with van der Waals surface area (Å²) in [7, 11) is 1.86. The number of ether oxygens (including phenoxy) is 1. The molecule has 41 heavy (non-hydrogen) atoms. The number of thiophene rings is 1.